The van der Waals surface area contributed by atoms with E-state index in [-0.39, 0.29) is 0 Å². The number of hydrogen-bond donors (Lipinski definition) is 1. The van der Waals surface area contributed by atoms with Crippen molar-refractivity contribution in [3.05, 3.63) is 23.8 Å². The summed E-state index contributed by atoms with van der Waals surface area (Å²) in [5.41, 5.74) is 1.28. The molecule has 3 nitrogen and oxygen atoms in total. The molecule has 1 aromatic rings. The fraction of sp³-hybridized carbons (Fsp3) is 0.667. The lowest BCUT2D eigenvalue weighted by Crippen LogP contribution is -2.32. The number of hydrogen-bond acceptors (Lipinski definition) is 3. The third-order valence-corrected chi connectivity index (χ3v) is 4.46. The van der Waals surface area contributed by atoms with E-state index < -0.39 is 0 Å². The minimum atomic E-state index is 0.383. The van der Waals surface area contributed by atoms with E-state index in [0.29, 0.717) is 12.1 Å². The van der Waals surface area contributed by atoms with Crippen LogP contribution in [0.15, 0.2) is 18.2 Å². The van der Waals surface area contributed by atoms with Crippen molar-refractivity contribution in [1.82, 2.24) is 5.32 Å². The highest BCUT2D eigenvalue weighted by Crippen LogP contribution is 2.35. The summed E-state index contributed by atoms with van der Waals surface area (Å²) in [4.78, 5) is 0. The van der Waals surface area contributed by atoms with E-state index in [9.17, 15) is 0 Å². The molecule has 0 aliphatic heterocycles. The molecule has 2 unspecified atom stereocenters. The van der Waals surface area contributed by atoms with Gasteiger partial charge in [0.05, 0.1) is 14.2 Å². The quantitative estimate of drug-likeness (QED) is 0.735. The van der Waals surface area contributed by atoms with Crippen molar-refractivity contribution in [2.24, 2.45) is 5.92 Å². The Morgan fingerprint density at radius 1 is 1.10 bits per heavy atom. The molecule has 0 aromatic heterocycles. The predicted octanol–water partition coefficient (Wildman–Crippen LogP) is 4.32. The molecule has 1 saturated carbocycles. The van der Waals surface area contributed by atoms with Crippen LogP contribution in [0.2, 0.25) is 0 Å². The number of ether oxygens (including phenoxy) is 2. The molecule has 2 atom stereocenters. The first kappa shape index (κ1) is 16.2. The van der Waals surface area contributed by atoms with Gasteiger partial charge in [-0.3, -0.25) is 0 Å². The summed E-state index contributed by atoms with van der Waals surface area (Å²) in [7, 11) is 3.37. The van der Waals surface area contributed by atoms with Crippen LogP contribution in [-0.2, 0) is 0 Å². The van der Waals surface area contributed by atoms with E-state index >= 15 is 0 Å². The van der Waals surface area contributed by atoms with Crippen molar-refractivity contribution >= 4 is 0 Å². The van der Waals surface area contributed by atoms with Gasteiger partial charge in [0.2, 0.25) is 0 Å². The van der Waals surface area contributed by atoms with Crippen LogP contribution in [0.5, 0.6) is 11.5 Å². The first-order valence-corrected chi connectivity index (χ1v) is 8.19. The van der Waals surface area contributed by atoms with Crippen molar-refractivity contribution < 1.29 is 9.47 Å². The Balaban J connectivity index is 2.08. The van der Waals surface area contributed by atoms with Crippen LogP contribution in [0.4, 0.5) is 0 Å². The Morgan fingerprint density at radius 3 is 2.33 bits per heavy atom. The van der Waals surface area contributed by atoms with Crippen LogP contribution in [-0.4, -0.2) is 20.3 Å². The molecular formula is C18H29NO2. The SMILES string of the molecule is CCC(CC1CC1)NC(CC)c1ccc(OC)c(OC)c1. The third-order valence-electron chi connectivity index (χ3n) is 4.46. The van der Waals surface area contributed by atoms with Gasteiger partial charge in [-0.2, -0.15) is 0 Å². The van der Waals surface area contributed by atoms with Crippen LogP contribution in [0.25, 0.3) is 0 Å². The lowest BCUT2D eigenvalue weighted by Gasteiger charge is -2.25. The van der Waals surface area contributed by atoms with Gasteiger partial charge >= 0.3 is 0 Å². The Bertz CT molecular complexity index is 443. The van der Waals surface area contributed by atoms with Crippen LogP contribution in [0.3, 0.4) is 0 Å². The monoisotopic (exact) mass is 291 g/mol. The zero-order valence-electron chi connectivity index (χ0n) is 13.8. The molecular weight excluding hydrogens is 262 g/mol. The molecule has 1 aliphatic rings. The van der Waals surface area contributed by atoms with Gasteiger partial charge in [0.1, 0.15) is 0 Å². The second-order valence-corrected chi connectivity index (χ2v) is 6.03. The normalized spacial score (nSPS) is 17.3. The highest BCUT2D eigenvalue weighted by molar-refractivity contribution is 5.43. The molecule has 0 amide bonds. The largest absolute Gasteiger partial charge is 0.493 e. The van der Waals surface area contributed by atoms with E-state index in [1.165, 1.54) is 31.2 Å². The van der Waals surface area contributed by atoms with Crippen LogP contribution in [0.1, 0.15) is 57.6 Å². The Morgan fingerprint density at radius 2 is 1.81 bits per heavy atom. The van der Waals surface area contributed by atoms with Crippen LogP contribution < -0.4 is 14.8 Å². The molecule has 0 spiro atoms. The number of rotatable bonds is 9. The molecule has 0 saturated heterocycles. The molecule has 1 fully saturated rings. The molecule has 118 valence electrons. The minimum absolute atomic E-state index is 0.383. The van der Waals surface area contributed by atoms with Gasteiger partial charge in [0, 0.05) is 12.1 Å². The summed E-state index contributed by atoms with van der Waals surface area (Å²) < 4.78 is 10.7. The zero-order chi connectivity index (χ0) is 15.2. The lowest BCUT2D eigenvalue weighted by molar-refractivity contribution is 0.351. The molecule has 3 heteroatoms. The van der Waals surface area contributed by atoms with Crippen molar-refractivity contribution in [3.63, 3.8) is 0 Å². The maximum absolute atomic E-state index is 5.42. The van der Waals surface area contributed by atoms with Gasteiger partial charge < -0.3 is 14.8 Å². The third kappa shape index (κ3) is 4.37. The molecule has 0 bridgehead atoms. The summed E-state index contributed by atoms with van der Waals surface area (Å²) in [6.07, 6.45) is 6.44. The molecule has 2 rings (SSSR count). The highest BCUT2D eigenvalue weighted by Gasteiger charge is 2.26. The minimum Gasteiger partial charge on any atom is -0.493 e. The maximum Gasteiger partial charge on any atom is 0.161 e. The fourth-order valence-corrected chi connectivity index (χ4v) is 2.91. The molecule has 21 heavy (non-hydrogen) atoms. The number of methoxy groups -OCH3 is 2. The average molecular weight is 291 g/mol. The first-order chi connectivity index (χ1) is 10.2. The van der Waals surface area contributed by atoms with E-state index in [0.717, 1.165) is 23.8 Å². The number of benzene rings is 1. The van der Waals surface area contributed by atoms with Crippen molar-refractivity contribution in [2.45, 2.75) is 58.0 Å². The smallest absolute Gasteiger partial charge is 0.161 e. The Kier molecular flexibility index (Phi) is 5.92. The molecule has 1 aromatic carbocycles. The number of nitrogens with one attached hydrogen (secondary N) is 1. The zero-order valence-corrected chi connectivity index (χ0v) is 13.8. The topological polar surface area (TPSA) is 30.5 Å². The second-order valence-electron chi connectivity index (χ2n) is 6.03. The van der Waals surface area contributed by atoms with Gasteiger partial charge in [0.25, 0.3) is 0 Å². The van der Waals surface area contributed by atoms with Gasteiger partial charge in [-0.15, -0.1) is 0 Å². The van der Waals surface area contributed by atoms with E-state index in [1.807, 2.05) is 6.07 Å². The highest BCUT2D eigenvalue weighted by atomic mass is 16.5. The average Bonchev–Trinajstić information content (AvgIpc) is 3.34. The van der Waals surface area contributed by atoms with Crippen molar-refractivity contribution in [2.75, 3.05) is 14.2 Å². The molecule has 0 radical (unpaired) electrons. The fourth-order valence-electron chi connectivity index (χ4n) is 2.91. The van der Waals surface area contributed by atoms with E-state index in [2.05, 4.69) is 31.3 Å². The summed E-state index contributed by atoms with van der Waals surface area (Å²) in [5, 5.41) is 3.83. The first-order valence-electron chi connectivity index (χ1n) is 8.19. The predicted molar refractivity (Wildman–Crippen MR) is 87.1 cm³/mol. The van der Waals surface area contributed by atoms with E-state index in [4.69, 9.17) is 9.47 Å². The maximum atomic E-state index is 5.42. The van der Waals surface area contributed by atoms with Crippen LogP contribution >= 0.6 is 0 Å². The summed E-state index contributed by atoms with van der Waals surface area (Å²) in [5.74, 6) is 2.57. The van der Waals surface area contributed by atoms with Gasteiger partial charge in [-0.05, 0) is 42.9 Å². The van der Waals surface area contributed by atoms with Crippen molar-refractivity contribution in [1.29, 1.82) is 0 Å². The van der Waals surface area contributed by atoms with Crippen molar-refractivity contribution in [3.8, 4) is 11.5 Å². The summed E-state index contributed by atoms with van der Waals surface area (Å²) >= 11 is 0. The Hall–Kier alpha value is -1.22. The van der Waals surface area contributed by atoms with Gasteiger partial charge in [-0.1, -0.05) is 32.8 Å². The van der Waals surface area contributed by atoms with Crippen LogP contribution in [0, 0.1) is 5.92 Å². The molecule has 1 aliphatic carbocycles. The lowest BCUT2D eigenvalue weighted by atomic mass is 10.00. The van der Waals surface area contributed by atoms with Gasteiger partial charge in [-0.25, -0.2) is 0 Å². The Labute approximate surface area is 129 Å². The standard InChI is InChI=1S/C18H29NO2/c1-5-15(11-13-7-8-13)19-16(6-2)14-9-10-17(20-3)18(12-14)21-4/h9-10,12-13,15-16,19H,5-8,11H2,1-4H3. The van der Waals surface area contributed by atoms with E-state index in [1.54, 1.807) is 14.2 Å². The van der Waals surface area contributed by atoms with Gasteiger partial charge in [0.15, 0.2) is 11.5 Å². The summed E-state index contributed by atoms with van der Waals surface area (Å²) in [6, 6.07) is 7.25. The second kappa shape index (κ2) is 7.69. The summed E-state index contributed by atoms with van der Waals surface area (Å²) in [6.45, 7) is 4.51. The molecule has 0 heterocycles. The molecule has 1 N–H and O–H groups in total.